The lowest BCUT2D eigenvalue weighted by molar-refractivity contribution is -0.129. The summed E-state index contributed by atoms with van der Waals surface area (Å²) in [6.07, 6.45) is 5.03. The minimum atomic E-state index is 0.177. The average molecular weight is 220 g/mol. The Morgan fingerprint density at radius 2 is 2.12 bits per heavy atom. The molecule has 0 radical (unpaired) electrons. The maximum Gasteiger partial charge on any atom is 0.230 e. The Kier molecular flexibility index (Phi) is 2.38. The lowest BCUT2D eigenvalue weighted by Crippen LogP contribution is -2.29. The SMILES string of the molecule is O=C(Cc1nc(C2CC2)n[nH]1)N1CCCC1. The molecule has 1 aromatic rings. The molecule has 2 heterocycles. The molecular formula is C11H16N4O. The number of amides is 1. The van der Waals surface area contributed by atoms with Crippen LogP contribution in [0.3, 0.4) is 0 Å². The number of carbonyl (C=O) groups is 1. The molecule has 1 N–H and O–H groups in total. The molecule has 1 saturated heterocycles. The third kappa shape index (κ3) is 1.94. The van der Waals surface area contributed by atoms with Gasteiger partial charge in [-0.3, -0.25) is 9.89 Å². The van der Waals surface area contributed by atoms with Gasteiger partial charge < -0.3 is 4.90 Å². The Balaban J connectivity index is 1.61. The molecule has 1 aromatic heterocycles. The van der Waals surface area contributed by atoms with Crippen LogP contribution >= 0.6 is 0 Å². The Labute approximate surface area is 94.2 Å². The highest BCUT2D eigenvalue weighted by Gasteiger charge is 2.28. The normalized spacial score (nSPS) is 20.4. The summed E-state index contributed by atoms with van der Waals surface area (Å²) in [5.41, 5.74) is 0. The fourth-order valence-electron chi connectivity index (χ4n) is 2.13. The fourth-order valence-corrected chi connectivity index (χ4v) is 2.13. The number of aromatic nitrogens is 3. The van der Waals surface area contributed by atoms with Crippen molar-refractivity contribution >= 4 is 5.91 Å². The molecule has 0 atom stereocenters. The zero-order valence-electron chi connectivity index (χ0n) is 9.28. The zero-order chi connectivity index (χ0) is 11.0. The van der Waals surface area contributed by atoms with Gasteiger partial charge in [-0.1, -0.05) is 0 Å². The summed E-state index contributed by atoms with van der Waals surface area (Å²) in [6, 6.07) is 0. The molecular weight excluding hydrogens is 204 g/mol. The number of hydrogen-bond acceptors (Lipinski definition) is 3. The van der Waals surface area contributed by atoms with Crippen molar-refractivity contribution in [1.82, 2.24) is 20.1 Å². The molecule has 3 rings (SSSR count). The van der Waals surface area contributed by atoms with Crippen molar-refractivity contribution in [1.29, 1.82) is 0 Å². The lowest BCUT2D eigenvalue weighted by Gasteiger charge is -2.13. The molecule has 0 aromatic carbocycles. The number of nitrogens with zero attached hydrogens (tertiary/aromatic N) is 3. The molecule has 1 aliphatic carbocycles. The number of hydrogen-bond donors (Lipinski definition) is 1. The second-order valence-electron chi connectivity index (χ2n) is 4.68. The minimum absolute atomic E-state index is 0.177. The molecule has 5 nitrogen and oxygen atoms in total. The van der Waals surface area contributed by atoms with Gasteiger partial charge in [0, 0.05) is 19.0 Å². The lowest BCUT2D eigenvalue weighted by atomic mass is 10.3. The molecule has 5 heteroatoms. The van der Waals surface area contributed by atoms with Gasteiger partial charge in [0.1, 0.15) is 5.82 Å². The van der Waals surface area contributed by atoms with Crippen LogP contribution in [0.4, 0.5) is 0 Å². The first kappa shape index (κ1) is 9.81. The van der Waals surface area contributed by atoms with Gasteiger partial charge in [0.15, 0.2) is 5.82 Å². The van der Waals surface area contributed by atoms with Gasteiger partial charge >= 0.3 is 0 Å². The van der Waals surface area contributed by atoms with Crippen LogP contribution in [0, 0.1) is 0 Å². The maximum atomic E-state index is 11.8. The fraction of sp³-hybridized carbons (Fsp3) is 0.727. The molecule has 0 spiro atoms. The number of H-pyrrole nitrogens is 1. The van der Waals surface area contributed by atoms with Crippen LogP contribution in [-0.2, 0) is 11.2 Å². The Bertz CT molecular complexity index is 390. The molecule has 2 fully saturated rings. The summed E-state index contributed by atoms with van der Waals surface area (Å²) >= 11 is 0. The Hall–Kier alpha value is -1.39. The summed E-state index contributed by atoms with van der Waals surface area (Å²) < 4.78 is 0. The van der Waals surface area contributed by atoms with E-state index < -0.39 is 0 Å². The molecule has 2 aliphatic rings. The second-order valence-corrected chi connectivity index (χ2v) is 4.68. The molecule has 16 heavy (non-hydrogen) atoms. The van der Waals surface area contributed by atoms with E-state index in [1.54, 1.807) is 0 Å². The first-order valence-corrected chi connectivity index (χ1v) is 6.02. The van der Waals surface area contributed by atoms with Crippen LogP contribution in [-0.4, -0.2) is 39.1 Å². The average Bonchev–Trinajstić information content (AvgIpc) is 2.82. The van der Waals surface area contributed by atoms with E-state index in [0.29, 0.717) is 12.3 Å². The van der Waals surface area contributed by atoms with Gasteiger partial charge in [-0.05, 0) is 25.7 Å². The van der Waals surface area contributed by atoms with Crippen LogP contribution in [0.1, 0.15) is 43.3 Å². The van der Waals surface area contributed by atoms with Crippen molar-refractivity contribution in [2.24, 2.45) is 0 Å². The number of likely N-dealkylation sites (tertiary alicyclic amines) is 1. The quantitative estimate of drug-likeness (QED) is 0.821. The highest BCUT2D eigenvalue weighted by Crippen LogP contribution is 2.37. The van der Waals surface area contributed by atoms with E-state index in [9.17, 15) is 4.79 Å². The van der Waals surface area contributed by atoms with Gasteiger partial charge in [-0.2, -0.15) is 5.10 Å². The van der Waals surface area contributed by atoms with Crippen LogP contribution in [0.5, 0.6) is 0 Å². The predicted molar refractivity (Wildman–Crippen MR) is 57.9 cm³/mol. The van der Waals surface area contributed by atoms with Gasteiger partial charge in [0.25, 0.3) is 0 Å². The standard InChI is InChI=1S/C11H16N4O/c16-10(15-5-1-2-6-15)7-9-12-11(14-13-9)8-3-4-8/h8H,1-7H2,(H,12,13,14). The van der Waals surface area contributed by atoms with Crippen molar-refractivity contribution in [2.45, 2.75) is 38.0 Å². The number of aromatic amines is 1. The second kappa shape index (κ2) is 3.88. The van der Waals surface area contributed by atoms with Gasteiger partial charge in [0.2, 0.25) is 5.91 Å². The highest BCUT2D eigenvalue weighted by atomic mass is 16.2. The van der Waals surface area contributed by atoms with Crippen molar-refractivity contribution in [2.75, 3.05) is 13.1 Å². The van der Waals surface area contributed by atoms with Gasteiger partial charge in [0.05, 0.1) is 6.42 Å². The van der Waals surface area contributed by atoms with Crippen molar-refractivity contribution < 1.29 is 4.79 Å². The number of carbonyl (C=O) groups excluding carboxylic acids is 1. The minimum Gasteiger partial charge on any atom is -0.342 e. The van der Waals surface area contributed by atoms with Crippen molar-refractivity contribution in [3.8, 4) is 0 Å². The van der Waals surface area contributed by atoms with Crippen molar-refractivity contribution in [3.05, 3.63) is 11.6 Å². The molecule has 1 amide bonds. The van der Waals surface area contributed by atoms with E-state index >= 15 is 0 Å². The zero-order valence-corrected chi connectivity index (χ0v) is 9.28. The summed E-state index contributed by atoms with van der Waals surface area (Å²) in [7, 11) is 0. The van der Waals surface area contributed by atoms with Gasteiger partial charge in [-0.15, -0.1) is 0 Å². The summed E-state index contributed by atoms with van der Waals surface area (Å²) in [6.45, 7) is 1.81. The molecule has 1 aliphatic heterocycles. The third-order valence-electron chi connectivity index (χ3n) is 3.27. The van der Waals surface area contributed by atoms with Crippen LogP contribution in [0.2, 0.25) is 0 Å². The largest absolute Gasteiger partial charge is 0.342 e. The molecule has 0 unspecified atom stereocenters. The molecule has 0 bridgehead atoms. The predicted octanol–water partition coefficient (Wildman–Crippen LogP) is 0.847. The van der Waals surface area contributed by atoms with Crippen molar-refractivity contribution in [3.63, 3.8) is 0 Å². The number of rotatable bonds is 3. The highest BCUT2D eigenvalue weighted by molar-refractivity contribution is 5.78. The number of nitrogens with one attached hydrogen (secondary N) is 1. The smallest absolute Gasteiger partial charge is 0.230 e. The Morgan fingerprint density at radius 3 is 2.81 bits per heavy atom. The third-order valence-corrected chi connectivity index (χ3v) is 3.27. The van der Waals surface area contributed by atoms with Gasteiger partial charge in [-0.25, -0.2) is 4.98 Å². The topological polar surface area (TPSA) is 61.9 Å². The summed E-state index contributed by atoms with van der Waals surface area (Å²) in [5, 5.41) is 7.02. The van der Waals surface area contributed by atoms with E-state index in [-0.39, 0.29) is 5.91 Å². The molecule has 86 valence electrons. The van der Waals surface area contributed by atoms with E-state index in [0.717, 1.165) is 37.6 Å². The maximum absolute atomic E-state index is 11.8. The van der Waals surface area contributed by atoms with E-state index in [1.807, 2.05) is 4.90 Å². The Morgan fingerprint density at radius 1 is 1.38 bits per heavy atom. The summed E-state index contributed by atoms with van der Waals surface area (Å²) in [4.78, 5) is 18.1. The monoisotopic (exact) mass is 220 g/mol. The molecule has 1 saturated carbocycles. The van der Waals surface area contributed by atoms with E-state index in [1.165, 1.54) is 12.8 Å². The van der Waals surface area contributed by atoms with E-state index in [2.05, 4.69) is 15.2 Å². The van der Waals surface area contributed by atoms with Crippen LogP contribution < -0.4 is 0 Å². The van der Waals surface area contributed by atoms with Crippen LogP contribution in [0.25, 0.3) is 0 Å². The first-order chi connectivity index (χ1) is 7.83. The van der Waals surface area contributed by atoms with Crippen LogP contribution in [0.15, 0.2) is 0 Å². The van der Waals surface area contributed by atoms with E-state index in [4.69, 9.17) is 0 Å². The summed E-state index contributed by atoms with van der Waals surface area (Å²) in [5.74, 6) is 2.34. The first-order valence-electron chi connectivity index (χ1n) is 6.02.